The maximum Gasteiger partial charge on any atom is 0.573 e. The average molecular weight is 264 g/mol. The largest absolute Gasteiger partial charge is 0.573 e. The van der Waals surface area contributed by atoms with Crippen molar-refractivity contribution >= 4 is 5.97 Å². The van der Waals surface area contributed by atoms with Gasteiger partial charge >= 0.3 is 12.3 Å². The van der Waals surface area contributed by atoms with E-state index in [0.29, 0.717) is 6.42 Å². The highest BCUT2D eigenvalue weighted by molar-refractivity contribution is 5.88. The molecule has 7 heteroatoms. The van der Waals surface area contributed by atoms with Crippen LogP contribution < -0.4 is 9.47 Å². The first kappa shape index (κ1) is 14.1. The van der Waals surface area contributed by atoms with Crippen LogP contribution in [0.2, 0.25) is 0 Å². The zero-order valence-electron chi connectivity index (χ0n) is 9.45. The van der Waals surface area contributed by atoms with Gasteiger partial charge in [-0.05, 0) is 24.6 Å². The third-order valence-corrected chi connectivity index (χ3v) is 1.88. The number of carbonyl (C=O) groups is 1. The second kappa shape index (κ2) is 5.61. The van der Waals surface area contributed by atoms with Gasteiger partial charge in [0.2, 0.25) is 0 Å². The molecule has 18 heavy (non-hydrogen) atoms. The maximum atomic E-state index is 12.1. The Morgan fingerprint density at radius 2 is 2.00 bits per heavy atom. The Balaban J connectivity index is 3.04. The van der Waals surface area contributed by atoms with Gasteiger partial charge in [-0.2, -0.15) is 0 Å². The lowest BCUT2D eigenvalue weighted by molar-refractivity contribution is -0.275. The van der Waals surface area contributed by atoms with Gasteiger partial charge in [0.15, 0.2) is 11.5 Å². The van der Waals surface area contributed by atoms with Crippen LogP contribution in [-0.2, 0) is 0 Å². The lowest BCUT2D eigenvalue weighted by Gasteiger charge is -2.14. The summed E-state index contributed by atoms with van der Waals surface area (Å²) in [6.45, 7) is 1.93. The minimum absolute atomic E-state index is 0.164. The normalized spacial score (nSPS) is 11.1. The molecule has 4 nitrogen and oxygen atoms in total. The molecule has 1 rings (SSSR count). The van der Waals surface area contributed by atoms with Crippen LogP contribution in [0.15, 0.2) is 18.2 Å². The van der Waals surface area contributed by atoms with Crippen molar-refractivity contribution in [1.82, 2.24) is 0 Å². The molecule has 100 valence electrons. The third kappa shape index (κ3) is 4.15. The Labute approximate surface area is 101 Å². The van der Waals surface area contributed by atoms with E-state index in [0.717, 1.165) is 18.2 Å². The summed E-state index contributed by atoms with van der Waals surface area (Å²) in [6.07, 6.45) is -4.28. The van der Waals surface area contributed by atoms with E-state index in [1.165, 1.54) is 0 Å². The predicted molar refractivity (Wildman–Crippen MR) is 55.9 cm³/mol. The van der Waals surface area contributed by atoms with Crippen LogP contribution in [0.5, 0.6) is 11.5 Å². The number of ether oxygens (including phenoxy) is 2. The zero-order valence-corrected chi connectivity index (χ0v) is 9.45. The zero-order chi connectivity index (χ0) is 13.8. The van der Waals surface area contributed by atoms with Crippen molar-refractivity contribution in [2.24, 2.45) is 0 Å². The van der Waals surface area contributed by atoms with Gasteiger partial charge in [0.05, 0.1) is 12.2 Å². The molecule has 0 aliphatic rings. The fraction of sp³-hybridized carbons (Fsp3) is 0.364. The molecule has 1 N–H and O–H groups in total. The van der Waals surface area contributed by atoms with Crippen LogP contribution in [0.3, 0.4) is 0 Å². The second-order valence-electron chi connectivity index (χ2n) is 3.36. The average Bonchev–Trinajstić information content (AvgIpc) is 2.25. The summed E-state index contributed by atoms with van der Waals surface area (Å²) in [5.74, 6) is -2.05. The molecule has 0 aromatic heterocycles. The van der Waals surface area contributed by atoms with Crippen molar-refractivity contribution in [2.45, 2.75) is 19.7 Å². The number of hydrogen-bond acceptors (Lipinski definition) is 3. The number of benzene rings is 1. The van der Waals surface area contributed by atoms with E-state index in [1.54, 1.807) is 6.92 Å². The molecule has 0 heterocycles. The Bertz CT molecular complexity index is 429. The molecule has 0 fully saturated rings. The fourth-order valence-corrected chi connectivity index (χ4v) is 1.17. The van der Waals surface area contributed by atoms with Crippen molar-refractivity contribution in [2.75, 3.05) is 6.61 Å². The Morgan fingerprint density at radius 1 is 1.33 bits per heavy atom. The molecule has 0 unspecified atom stereocenters. The highest BCUT2D eigenvalue weighted by atomic mass is 19.4. The van der Waals surface area contributed by atoms with E-state index >= 15 is 0 Å². The number of carboxylic acids is 1. The number of halogens is 3. The summed E-state index contributed by atoms with van der Waals surface area (Å²) in [4.78, 5) is 10.7. The highest BCUT2D eigenvalue weighted by Crippen LogP contribution is 2.33. The van der Waals surface area contributed by atoms with Gasteiger partial charge in [-0.15, -0.1) is 13.2 Å². The van der Waals surface area contributed by atoms with Crippen molar-refractivity contribution in [3.05, 3.63) is 23.8 Å². The van der Waals surface area contributed by atoms with Gasteiger partial charge in [-0.25, -0.2) is 4.79 Å². The van der Waals surface area contributed by atoms with Crippen molar-refractivity contribution in [3.63, 3.8) is 0 Å². The molecular weight excluding hydrogens is 253 g/mol. The number of aromatic carboxylic acids is 1. The smallest absolute Gasteiger partial charge is 0.490 e. The second-order valence-corrected chi connectivity index (χ2v) is 3.36. The highest BCUT2D eigenvalue weighted by Gasteiger charge is 2.32. The van der Waals surface area contributed by atoms with E-state index in [9.17, 15) is 18.0 Å². The van der Waals surface area contributed by atoms with E-state index in [-0.39, 0.29) is 17.9 Å². The van der Waals surface area contributed by atoms with Crippen molar-refractivity contribution in [1.29, 1.82) is 0 Å². The molecule has 0 aliphatic carbocycles. The maximum absolute atomic E-state index is 12.1. The van der Waals surface area contributed by atoms with Gasteiger partial charge in [0.1, 0.15) is 0 Å². The first-order chi connectivity index (χ1) is 8.33. The van der Waals surface area contributed by atoms with Gasteiger partial charge in [0, 0.05) is 0 Å². The summed E-state index contributed by atoms with van der Waals surface area (Å²) >= 11 is 0. The van der Waals surface area contributed by atoms with Crippen LogP contribution in [-0.4, -0.2) is 24.0 Å². The molecule has 0 atom stereocenters. The topological polar surface area (TPSA) is 55.8 Å². The van der Waals surface area contributed by atoms with E-state index in [1.807, 2.05) is 0 Å². The number of rotatable bonds is 5. The molecule has 0 saturated carbocycles. The Hall–Kier alpha value is -1.92. The molecule has 0 aliphatic heterocycles. The van der Waals surface area contributed by atoms with E-state index < -0.39 is 18.1 Å². The Kier molecular flexibility index (Phi) is 4.41. The molecule has 1 aromatic rings. The van der Waals surface area contributed by atoms with Crippen molar-refractivity contribution < 1.29 is 32.5 Å². The monoisotopic (exact) mass is 264 g/mol. The summed E-state index contributed by atoms with van der Waals surface area (Å²) < 4.78 is 45.1. The summed E-state index contributed by atoms with van der Waals surface area (Å²) in [5, 5.41) is 8.74. The molecule has 1 aromatic carbocycles. The lowest BCUT2D eigenvalue weighted by Crippen LogP contribution is -2.18. The first-order valence-corrected chi connectivity index (χ1v) is 5.09. The number of carboxylic acid groups (broad SMARTS) is 1. The summed E-state index contributed by atoms with van der Waals surface area (Å²) in [6, 6.07) is 2.93. The number of alkyl halides is 3. The fourth-order valence-electron chi connectivity index (χ4n) is 1.17. The lowest BCUT2D eigenvalue weighted by atomic mass is 10.2. The molecule has 0 radical (unpaired) electrons. The minimum atomic E-state index is -4.85. The first-order valence-electron chi connectivity index (χ1n) is 5.09. The quantitative estimate of drug-likeness (QED) is 0.887. The van der Waals surface area contributed by atoms with Crippen LogP contribution >= 0.6 is 0 Å². The molecule has 0 saturated heterocycles. The molecule has 0 bridgehead atoms. The molecule has 0 amide bonds. The third-order valence-electron chi connectivity index (χ3n) is 1.88. The van der Waals surface area contributed by atoms with E-state index in [2.05, 4.69) is 4.74 Å². The Morgan fingerprint density at radius 3 is 2.50 bits per heavy atom. The SMILES string of the molecule is CCCOc1cc(C(=O)O)ccc1OC(F)(F)F. The van der Waals surface area contributed by atoms with Gasteiger partial charge in [-0.3, -0.25) is 0 Å². The molecular formula is C11H11F3O4. The molecule has 0 spiro atoms. The van der Waals surface area contributed by atoms with Crippen molar-refractivity contribution in [3.8, 4) is 11.5 Å². The number of hydrogen-bond donors (Lipinski definition) is 1. The van der Waals surface area contributed by atoms with Crippen LogP contribution in [0.4, 0.5) is 13.2 Å². The van der Waals surface area contributed by atoms with Gasteiger partial charge in [0.25, 0.3) is 0 Å². The van der Waals surface area contributed by atoms with Crippen LogP contribution in [0.1, 0.15) is 23.7 Å². The van der Waals surface area contributed by atoms with E-state index in [4.69, 9.17) is 9.84 Å². The van der Waals surface area contributed by atoms with Gasteiger partial charge < -0.3 is 14.6 Å². The summed E-state index contributed by atoms with van der Waals surface area (Å²) in [5.41, 5.74) is -0.171. The van der Waals surface area contributed by atoms with Gasteiger partial charge in [-0.1, -0.05) is 6.92 Å². The van der Waals surface area contributed by atoms with Crippen LogP contribution in [0, 0.1) is 0 Å². The predicted octanol–water partition coefficient (Wildman–Crippen LogP) is 3.07. The standard InChI is InChI=1S/C11H11F3O4/c1-2-5-17-9-6-7(10(15)16)3-4-8(9)18-11(12,13)14/h3-4,6H,2,5H2,1H3,(H,15,16). The minimum Gasteiger partial charge on any atom is -0.490 e. The summed E-state index contributed by atoms with van der Waals surface area (Å²) in [7, 11) is 0. The van der Waals surface area contributed by atoms with Crippen LogP contribution in [0.25, 0.3) is 0 Å².